The molecular formula is C12H13N5O. The van der Waals surface area contributed by atoms with E-state index in [4.69, 9.17) is 0 Å². The highest BCUT2D eigenvalue weighted by Gasteiger charge is 2.10. The van der Waals surface area contributed by atoms with Crippen LogP contribution < -0.4 is 0 Å². The van der Waals surface area contributed by atoms with Gasteiger partial charge in [0.15, 0.2) is 5.82 Å². The molecule has 3 aromatic heterocycles. The second-order valence-corrected chi connectivity index (χ2v) is 4.17. The number of aryl methyl sites for hydroxylation is 1. The van der Waals surface area contributed by atoms with Crippen LogP contribution in [-0.4, -0.2) is 29.4 Å². The summed E-state index contributed by atoms with van der Waals surface area (Å²) in [4.78, 5) is 4.35. The number of pyridine rings is 1. The summed E-state index contributed by atoms with van der Waals surface area (Å²) in [5.41, 5.74) is 1.73. The molecule has 18 heavy (non-hydrogen) atoms. The van der Waals surface area contributed by atoms with Crippen LogP contribution in [-0.2, 0) is 20.2 Å². The highest BCUT2D eigenvalue weighted by molar-refractivity contribution is 5.80. The van der Waals surface area contributed by atoms with Gasteiger partial charge in [0, 0.05) is 30.4 Å². The monoisotopic (exact) mass is 243 g/mol. The third-order valence-electron chi connectivity index (χ3n) is 3.00. The molecule has 0 atom stereocenters. The van der Waals surface area contributed by atoms with Gasteiger partial charge in [0.25, 0.3) is 0 Å². The van der Waals surface area contributed by atoms with Crippen LogP contribution in [0.2, 0.25) is 0 Å². The van der Waals surface area contributed by atoms with Crippen molar-refractivity contribution >= 4 is 11.0 Å². The van der Waals surface area contributed by atoms with E-state index < -0.39 is 0 Å². The van der Waals surface area contributed by atoms with Crippen LogP contribution in [0.4, 0.5) is 0 Å². The Morgan fingerprint density at radius 1 is 1.39 bits per heavy atom. The summed E-state index contributed by atoms with van der Waals surface area (Å²) in [7, 11) is 1.90. The van der Waals surface area contributed by atoms with E-state index in [1.165, 1.54) is 0 Å². The maximum atomic E-state index is 9.36. The molecule has 3 heterocycles. The molecule has 0 unspecified atom stereocenters. The van der Waals surface area contributed by atoms with Gasteiger partial charge in [0.1, 0.15) is 12.0 Å². The average molecular weight is 243 g/mol. The zero-order chi connectivity index (χ0) is 12.5. The first-order valence-corrected chi connectivity index (χ1v) is 5.66. The fourth-order valence-electron chi connectivity index (χ4n) is 2.04. The van der Waals surface area contributed by atoms with Crippen molar-refractivity contribution in [1.82, 2.24) is 24.3 Å². The SMILES string of the molecule is Cn1cnnc1Cn1cc(CO)c2cccnc21. The predicted octanol–water partition coefficient (Wildman–Crippen LogP) is 0.705. The lowest BCUT2D eigenvalue weighted by Crippen LogP contribution is -2.05. The molecule has 6 heteroatoms. The van der Waals surface area contributed by atoms with Crippen molar-refractivity contribution in [3.63, 3.8) is 0 Å². The van der Waals surface area contributed by atoms with Gasteiger partial charge >= 0.3 is 0 Å². The number of aliphatic hydroxyl groups excluding tert-OH is 1. The number of rotatable bonds is 3. The van der Waals surface area contributed by atoms with Gasteiger partial charge in [0.05, 0.1) is 13.2 Å². The Balaban J connectivity index is 2.09. The van der Waals surface area contributed by atoms with E-state index in [2.05, 4.69) is 15.2 Å². The fraction of sp³-hybridized carbons (Fsp3) is 0.250. The van der Waals surface area contributed by atoms with Crippen molar-refractivity contribution in [2.45, 2.75) is 13.2 Å². The van der Waals surface area contributed by atoms with Gasteiger partial charge in [-0.15, -0.1) is 10.2 Å². The van der Waals surface area contributed by atoms with Gasteiger partial charge in [-0.2, -0.15) is 0 Å². The first-order chi connectivity index (χ1) is 8.79. The third-order valence-corrected chi connectivity index (χ3v) is 3.00. The highest BCUT2D eigenvalue weighted by atomic mass is 16.3. The minimum Gasteiger partial charge on any atom is -0.392 e. The number of aliphatic hydroxyl groups is 1. The lowest BCUT2D eigenvalue weighted by molar-refractivity contribution is 0.283. The van der Waals surface area contributed by atoms with E-state index >= 15 is 0 Å². The minimum atomic E-state index is 0.00795. The fourth-order valence-corrected chi connectivity index (χ4v) is 2.04. The van der Waals surface area contributed by atoms with Crippen molar-refractivity contribution in [2.24, 2.45) is 7.05 Å². The van der Waals surface area contributed by atoms with E-state index in [1.54, 1.807) is 12.5 Å². The molecule has 92 valence electrons. The summed E-state index contributed by atoms with van der Waals surface area (Å²) in [5, 5.41) is 18.2. The molecule has 0 bridgehead atoms. The largest absolute Gasteiger partial charge is 0.392 e. The highest BCUT2D eigenvalue weighted by Crippen LogP contribution is 2.19. The molecule has 0 aromatic carbocycles. The Morgan fingerprint density at radius 2 is 2.28 bits per heavy atom. The number of nitrogens with zero attached hydrogens (tertiary/aromatic N) is 5. The molecule has 0 saturated carbocycles. The minimum absolute atomic E-state index is 0.00795. The van der Waals surface area contributed by atoms with E-state index in [1.807, 2.05) is 34.5 Å². The molecule has 0 saturated heterocycles. The van der Waals surface area contributed by atoms with Crippen molar-refractivity contribution in [1.29, 1.82) is 0 Å². The maximum Gasteiger partial charge on any atom is 0.152 e. The molecule has 1 N–H and O–H groups in total. The number of hydrogen-bond donors (Lipinski definition) is 1. The van der Waals surface area contributed by atoms with Gasteiger partial charge in [-0.25, -0.2) is 4.98 Å². The first-order valence-electron chi connectivity index (χ1n) is 5.66. The quantitative estimate of drug-likeness (QED) is 0.735. The van der Waals surface area contributed by atoms with Crippen LogP contribution in [0.15, 0.2) is 30.9 Å². The molecule has 0 fully saturated rings. The van der Waals surface area contributed by atoms with E-state index in [0.29, 0.717) is 6.54 Å². The Kier molecular flexibility index (Phi) is 2.56. The van der Waals surface area contributed by atoms with Crippen LogP contribution in [0, 0.1) is 0 Å². The summed E-state index contributed by atoms with van der Waals surface area (Å²) in [6, 6.07) is 3.83. The van der Waals surface area contributed by atoms with Crippen LogP contribution in [0.25, 0.3) is 11.0 Å². The van der Waals surface area contributed by atoms with Crippen LogP contribution in [0.3, 0.4) is 0 Å². The summed E-state index contributed by atoms with van der Waals surface area (Å²) in [5.74, 6) is 0.849. The lowest BCUT2D eigenvalue weighted by atomic mass is 10.2. The van der Waals surface area contributed by atoms with Crippen LogP contribution >= 0.6 is 0 Å². The van der Waals surface area contributed by atoms with Crippen molar-refractivity contribution in [2.75, 3.05) is 0 Å². The van der Waals surface area contributed by atoms with Crippen molar-refractivity contribution < 1.29 is 5.11 Å². The van der Waals surface area contributed by atoms with Crippen molar-refractivity contribution in [3.8, 4) is 0 Å². The zero-order valence-electron chi connectivity index (χ0n) is 9.98. The molecule has 0 aliphatic carbocycles. The molecule has 6 nitrogen and oxygen atoms in total. The van der Waals surface area contributed by atoms with Gasteiger partial charge in [-0.3, -0.25) is 0 Å². The summed E-state index contributed by atoms with van der Waals surface area (Å²) < 4.78 is 3.85. The standard InChI is InChI=1S/C12H13N5O/c1-16-8-14-15-11(16)6-17-5-9(7-18)10-3-2-4-13-12(10)17/h2-5,8,18H,6-7H2,1H3. The van der Waals surface area contributed by atoms with E-state index in [9.17, 15) is 5.11 Å². The normalized spacial score (nSPS) is 11.2. The Labute approximate surface area is 104 Å². The van der Waals surface area contributed by atoms with E-state index in [0.717, 1.165) is 22.4 Å². The molecule has 0 spiro atoms. The molecule has 3 rings (SSSR count). The number of hydrogen-bond acceptors (Lipinski definition) is 4. The third kappa shape index (κ3) is 1.67. The number of fused-ring (bicyclic) bond motifs is 1. The molecule has 0 amide bonds. The van der Waals surface area contributed by atoms with E-state index in [-0.39, 0.29) is 6.61 Å². The Hall–Kier alpha value is -2.21. The zero-order valence-corrected chi connectivity index (χ0v) is 9.98. The predicted molar refractivity (Wildman–Crippen MR) is 65.8 cm³/mol. The summed E-state index contributed by atoms with van der Waals surface area (Å²) >= 11 is 0. The smallest absolute Gasteiger partial charge is 0.152 e. The average Bonchev–Trinajstić information content (AvgIpc) is 2.95. The molecular weight excluding hydrogens is 230 g/mol. The topological polar surface area (TPSA) is 68.8 Å². The first kappa shape index (κ1) is 10.9. The Morgan fingerprint density at radius 3 is 3.00 bits per heavy atom. The van der Waals surface area contributed by atoms with Crippen molar-refractivity contribution in [3.05, 3.63) is 42.2 Å². The molecule has 3 aromatic rings. The van der Waals surface area contributed by atoms with Crippen LogP contribution in [0.1, 0.15) is 11.4 Å². The molecule has 0 radical (unpaired) electrons. The number of aromatic nitrogens is 5. The van der Waals surface area contributed by atoms with Gasteiger partial charge in [-0.1, -0.05) is 0 Å². The van der Waals surface area contributed by atoms with Crippen LogP contribution in [0.5, 0.6) is 0 Å². The second kappa shape index (κ2) is 4.23. The maximum absolute atomic E-state index is 9.36. The molecule has 0 aliphatic heterocycles. The van der Waals surface area contributed by atoms with Gasteiger partial charge in [-0.05, 0) is 12.1 Å². The lowest BCUT2D eigenvalue weighted by Gasteiger charge is -2.03. The molecule has 0 aliphatic rings. The summed E-state index contributed by atoms with van der Waals surface area (Å²) in [6.45, 7) is 0.595. The Bertz CT molecular complexity index is 685. The van der Waals surface area contributed by atoms with Gasteiger partial charge in [0.2, 0.25) is 0 Å². The second-order valence-electron chi connectivity index (χ2n) is 4.17. The summed E-state index contributed by atoms with van der Waals surface area (Å²) in [6.07, 6.45) is 5.32. The van der Waals surface area contributed by atoms with Gasteiger partial charge < -0.3 is 14.2 Å².